The van der Waals surface area contributed by atoms with Gasteiger partial charge in [0.1, 0.15) is 17.8 Å². The molecule has 1 saturated carbocycles. The van der Waals surface area contributed by atoms with Crippen molar-refractivity contribution in [2.45, 2.75) is 44.2 Å². The highest BCUT2D eigenvalue weighted by molar-refractivity contribution is 5.99. The molecule has 120 valence electrons. The molecule has 6 unspecified atom stereocenters. The van der Waals surface area contributed by atoms with E-state index in [0.717, 1.165) is 5.57 Å². The van der Waals surface area contributed by atoms with Crippen molar-refractivity contribution in [3.63, 3.8) is 0 Å². The highest BCUT2D eigenvalue weighted by atomic mass is 16.6. The number of rotatable bonds is 1. The average molecular weight is 308 g/mol. The maximum Gasteiger partial charge on any atom is 0.334 e. The van der Waals surface area contributed by atoms with E-state index in [-0.39, 0.29) is 12.0 Å². The van der Waals surface area contributed by atoms with E-state index in [2.05, 4.69) is 6.58 Å². The van der Waals surface area contributed by atoms with Crippen molar-refractivity contribution in [2.24, 2.45) is 11.8 Å². The lowest BCUT2D eigenvalue weighted by atomic mass is 9.78. The third-order valence-electron chi connectivity index (χ3n) is 5.40. The Labute approximate surface area is 128 Å². The molecule has 0 amide bonds. The first kappa shape index (κ1) is 15.4. The van der Waals surface area contributed by atoms with Crippen LogP contribution in [0, 0.1) is 11.8 Å². The molecule has 6 heteroatoms. The predicted molar refractivity (Wildman–Crippen MR) is 75.8 cm³/mol. The average Bonchev–Trinajstić information content (AvgIpc) is 2.81. The van der Waals surface area contributed by atoms with Crippen LogP contribution >= 0.6 is 0 Å². The quantitative estimate of drug-likeness (QED) is 0.406. The molecule has 0 aromatic heterocycles. The zero-order valence-corrected chi connectivity index (χ0v) is 12.8. The van der Waals surface area contributed by atoms with Crippen molar-refractivity contribution in [3.05, 3.63) is 23.3 Å². The fraction of sp³-hybridized carbons (Fsp3) is 0.625. The summed E-state index contributed by atoms with van der Waals surface area (Å²) in [7, 11) is 1.39. The Bertz CT molecular complexity index is 606. The normalized spacial score (nSPS) is 44.8. The van der Waals surface area contributed by atoms with Gasteiger partial charge in [0.05, 0.1) is 17.9 Å². The van der Waals surface area contributed by atoms with Gasteiger partial charge in [0, 0.05) is 12.7 Å². The number of aliphatic hydroxyl groups excluding tert-OH is 2. The van der Waals surface area contributed by atoms with Crippen LogP contribution in [0.5, 0.6) is 0 Å². The summed E-state index contributed by atoms with van der Waals surface area (Å²) in [6.07, 6.45) is -2.64. The molecule has 1 saturated heterocycles. The van der Waals surface area contributed by atoms with E-state index >= 15 is 0 Å². The van der Waals surface area contributed by atoms with E-state index < -0.39 is 47.5 Å². The minimum atomic E-state index is -1.30. The molecule has 0 spiro atoms. The highest BCUT2D eigenvalue weighted by Crippen LogP contribution is 2.52. The molecule has 22 heavy (non-hydrogen) atoms. The summed E-state index contributed by atoms with van der Waals surface area (Å²) in [4.78, 5) is 24.4. The molecule has 3 aliphatic rings. The SMILES string of the molecule is C=C1C(=O)OC2C1C(O)CC(C)=C1C(O)C(=O)C(C)(OC)C12. The molecule has 2 fully saturated rings. The van der Waals surface area contributed by atoms with Crippen molar-refractivity contribution >= 4 is 11.8 Å². The van der Waals surface area contributed by atoms with Gasteiger partial charge in [-0.25, -0.2) is 4.79 Å². The number of ketones is 1. The monoisotopic (exact) mass is 308 g/mol. The van der Waals surface area contributed by atoms with Gasteiger partial charge in [0.15, 0.2) is 5.78 Å². The molecule has 0 radical (unpaired) electrons. The van der Waals surface area contributed by atoms with Crippen LogP contribution in [0.1, 0.15) is 20.3 Å². The first-order chi connectivity index (χ1) is 10.2. The molecule has 2 N–H and O–H groups in total. The zero-order valence-electron chi connectivity index (χ0n) is 12.8. The van der Waals surface area contributed by atoms with Crippen LogP contribution in [0.15, 0.2) is 23.3 Å². The molecular weight excluding hydrogens is 288 g/mol. The van der Waals surface area contributed by atoms with Crippen LogP contribution in [-0.2, 0) is 19.1 Å². The Morgan fingerprint density at radius 3 is 2.59 bits per heavy atom. The summed E-state index contributed by atoms with van der Waals surface area (Å²) < 4.78 is 10.8. The predicted octanol–water partition coefficient (Wildman–Crippen LogP) is 0.130. The number of hydrogen-bond acceptors (Lipinski definition) is 6. The number of methoxy groups -OCH3 is 1. The van der Waals surface area contributed by atoms with E-state index in [4.69, 9.17) is 9.47 Å². The topological polar surface area (TPSA) is 93.1 Å². The largest absolute Gasteiger partial charge is 0.457 e. The zero-order chi connectivity index (χ0) is 16.4. The van der Waals surface area contributed by atoms with E-state index in [1.807, 2.05) is 0 Å². The van der Waals surface area contributed by atoms with Gasteiger partial charge in [-0.3, -0.25) is 4.79 Å². The lowest BCUT2D eigenvalue weighted by molar-refractivity contribution is -0.155. The van der Waals surface area contributed by atoms with Gasteiger partial charge in [-0.1, -0.05) is 12.2 Å². The Balaban J connectivity index is 2.20. The number of fused-ring (bicyclic) bond motifs is 3. The van der Waals surface area contributed by atoms with E-state index in [0.29, 0.717) is 5.57 Å². The maximum atomic E-state index is 12.5. The summed E-state index contributed by atoms with van der Waals surface area (Å²) in [5.74, 6) is -2.24. The fourth-order valence-corrected chi connectivity index (χ4v) is 4.14. The van der Waals surface area contributed by atoms with Gasteiger partial charge in [-0.05, 0) is 25.8 Å². The van der Waals surface area contributed by atoms with E-state index in [9.17, 15) is 19.8 Å². The van der Waals surface area contributed by atoms with E-state index in [1.54, 1.807) is 13.8 Å². The van der Waals surface area contributed by atoms with Crippen molar-refractivity contribution in [2.75, 3.05) is 7.11 Å². The number of ether oxygens (including phenoxy) is 2. The molecule has 0 aromatic carbocycles. The highest BCUT2D eigenvalue weighted by Gasteiger charge is 2.64. The van der Waals surface area contributed by atoms with Crippen molar-refractivity contribution in [1.29, 1.82) is 0 Å². The van der Waals surface area contributed by atoms with Crippen molar-refractivity contribution in [3.8, 4) is 0 Å². The molecule has 2 aliphatic carbocycles. The lowest BCUT2D eigenvalue weighted by Gasteiger charge is -2.34. The van der Waals surface area contributed by atoms with Crippen LogP contribution in [0.2, 0.25) is 0 Å². The Kier molecular flexibility index (Phi) is 3.32. The van der Waals surface area contributed by atoms with Gasteiger partial charge < -0.3 is 19.7 Å². The molecule has 1 aliphatic heterocycles. The van der Waals surface area contributed by atoms with Crippen LogP contribution < -0.4 is 0 Å². The minimum Gasteiger partial charge on any atom is -0.457 e. The Morgan fingerprint density at radius 1 is 1.36 bits per heavy atom. The molecule has 3 rings (SSSR count). The summed E-state index contributed by atoms with van der Waals surface area (Å²) in [6, 6.07) is 0. The summed E-state index contributed by atoms with van der Waals surface area (Å²) in [6.45, 7) is 7.08. The Morgan fingerprint density at radius 2 is 2.00 bits per heavy atom. The second kappa shape index (κ2) is 4.75. The molecule has 6 atom stereocenters. The number of carbonyl (C=O) groups excluding carboxylic acids is 2. The van der Waals surface area contributed by atoms with Crippen LogP contribution in [-0.4, -0.2) is 53.0 Å². The molecule has 6 nitrogen and oxygen atoms in total. The van der Waals surface area contributed by atoms with E-state index in [1.165, 1.54) is 7.11 Å². The number of aliphatic hydroxyl groups is 2. The number of esters is 1. The smallest absolute Gasteiger partial charge is 0.334 e. The van der Waals surface area contributed by atoms with Gasteiger partial charge in [0.25, 0.3) is 0 Å². The maximum absolute atomic E-state index is 12.5. The first-order valence-corrected chi connectivity index (χ1v) is 7.29. The van der Waals surface area contributed by atoms with Gasteiger partial charge in [0.2, 0.25) is 0 Å². The second-order valence-corrected chi connectivity index (χ2v) is 6.48. The van der Waals surface area contributed by atoms with Crippen molar-refractivity contribution < 1.29 is 29.3 Å². The molecule has 0 aromatic rings. The summed E-state index contributed by atoms with van der Waals surface area (Å²) in [5, 5.41) is 20.8. The van der Waals surface area contributed by atoms with Gasteiger partial charge in [-0.2, -0.15) is 0 Å². The number of carbonyl (C=O) groups is 2. The standard InChI is InChI=1S/C16H20O6/c1-6-5-8(17)10-7(2)15(20)22-13(10)11-9(6)12(18)14(19)16(11,3)21-4/h8,10-13,17-18H,2,5H2,1,3-4H3. The summed E-state index contributed by atoms with van der Waals surface area (Å²) in [5.41, 5.74) is 0.146. The van der Waals surface area contributed by atoms with Gasteiger partial charge in [-0.15, -0.1) is 0 Å². The first-order valence-electron chi connectivity index (χ1n) is 7.29. The second-order valence-electron chi connectivity index (χ2n) is 6.48. The number of hydrogen-bond donors (Lipinski definition) is 2. The lowest BCUT2D eigenvalue weighted by Crippen LogP contribution is -2.48. The Hall–Kier alpha value is -1.50. The van der Waals surface area contributed by atoms with Crippen LogP contribution in [0.25, 0.3) is 0 Å². The van der Waals surface area contributed by atoms with Crippen LogP contribution in [0.3, 0.4) is 0 Å². The third kappa shape index (κ3) is 1.71. The summed E-state index contributed by atoms with van der Waals surface area (Å²) >= 11 is 0. The molecular formula is C16H20O6. The molecule has 0 bridgehead atoms. The molecule has 1 heterocycles. The minimum absolute atomic E-state index is 0.207. The fourth-order valence-electron chi connectivity index (χ4n) is 4.14. The third-order valence-corrected chi connectivity index (χ3v) is 5.40. The van der Waals surface area contributed by atoms with Crippen LogP contribution in [0.4, 0.5) is 0 Å². The number of Topliss-reactive ketones (excluding diaryl/α,β-unsaturated/α-hetero) is 1. The van der Waals surface area contributed by atoms with Gasteiger partial charge >= 0.3 is 5.97 Å². The van der Waals surface area contributed by atoms with Crippen molar-refractivity contribution in [1.82, 2.24) is 0 Å².